The van der Waals surface area contributed by atoms with E-state index in [0.29, 0.717) is 35.6 Å². The van der Waals surface area contributed by atoms with Gasteiger partial charge in [-0.15, -0.1) is 0 Å². The zero-order chi connectivity index (χ0) is 22.9. The van der Waals surface area contributed by atoms with E-state index >= 15 is 0 Å². The quantitative estimate of drug-likeness (QED) is 0.650. The monoisotopic (exact) mass is 449 g/mol. The van der Waals surface area contributed by atoms with Gasteiger partial charge in [-0.2, -0.15) is 5.26 Å². The fraction of sp³-hybridized carbons (Fsp3) is 0.577. The summed E-state index contributed by atoms with van der Waals surface area (Å²) in [4.78, 5) is 26.1. The van der Waals surface area contributed by atoms with Gasteiger partial charge in [0.05, 0.1) is 24.8 Å². The molecule has 0 amide bonds. The third kappa shape index (κ3) is 4.24. The van der Waals surface area contributed by atoms with E-state index in [1.165, 1.54) is 12.0 Å². The van der Waals surface area contributed by atoms with Gasteiger partial charge >= 0.3 is 0 Å². The number of fused-ring (bicyclic) bond motifs is 3. The standard InChI is InChI=1S/C26H31N3O4/c1-2-32-26-23(24(30)25(26)31)28-19-6-3-16(4-7-19)9-10-29-13-18-15-33-22-8-5-17(12-27)11-20(22)21(18)14-29/h5,8,11,16,18-19,21,28H,2-4,6-7,9-10,13-15H2,1H3/t16-,18?,19-,21-/m1/s1. The first-order valence-electron chi connectivity index (χ1n) is 12.2. The van der Waals surface area contributed by atoms with E-state index in [0.717, 1.165) is 57.7 Å². The predicted octanol–water partition coefficient (Wildman–Crippen LogP) is 3.02. The summed E-state index contributed by atoms with van der Waals surface area (Å²) in [5.41, 5.74) is 1.34. The molecule has 2 heterocycles. The molecule has 0 bridgehead atoms. The normalized spacial score (nSPS) is 26.8. The second-order valence-corrected chi connectivity index (χ2v) is 9.75. The maximum atomic E-state index is 11.9. The summed E-state index contributed by atoms with van der Waals surface area (Å²) in [5.74, 6) is 2.81. The maximum absolute atomic E-state index is 11.9. The van der Waals surface area contributed by atoms with Gasteiger partial charge < -0.3 is 19.7 Å². The largest absolute Gasteiger partial charge is 0.493 e. The van der Waals surface area contributed by atoms with Crippen LogP contribution in [0.25, 0.3) is 0 Å². The van der Waals surface area contributed by atoms with Gasteiger partial charge in [-0.25, -0.2) is 0 Å². The van der Waals surface area contributed by atoms with Gasteiger partial charge in [0, 0.05) is 36.5 Å². The van der Waals surface area contributed by atoms with Crippen molar-refractivity contribution in [3.05, 3.63) is 49.8 Å². The molecule has 0 aromatic heterocycles. The maximum Gasteiger partial charge on any atom is 0.272 e. The van der Waals surface area contributed by atoms with Crippen LogP contribution in [0, 0.1) is 23.2 Å². The van der Waals surface area contributed by atoms with Gasteiger partial charge in [0.1, 0.15) is 11.4 Å². The fourth-order valence-electron chi connectivity index (χ4n) is 5.85. The molecule has 2 aromatic carbocycles. The van der Waals surface area contributed by atoms with Gasteiger partial charge in [-0.05, 0) is 69.7 Å². The zero-order valence-corrected chi connectivity index (χ0v) is 19.1. The number of nitrogens with zero attached hydrogens (tertiary/aromatic N) is 2. The van der Waals surface area contributed by atoms with Crippen molar-refractivity contribution in [2.45, 2.75) is 51.0 Å². The Kier molecular flexibility index (Phi) is 6.11. The number of likely N-dealkylation sites (tertiary alicyclic amines) is 1. The van der Waals surface area contributed by atoms with Crippen LogP contribution in [0.3, 0.4) is 0 Å². The molecule has 1 aliphatic carbocycles. The minimum Gasteiger partial charge on any atom is -0.493 e. The number of rotatable bonds is 7. The molecule has 7 nitrogen and oxygen atoms in total. The highest BCUT2D eigenvalue weighted by molar-refractivity contribution is 5.62. The van der Waals surface area contributed by atoms with Gasteiger partial charge in [0.15, 0.2) is 5.75 Å². The molecular formula is C26H31N3O4. The van der Waals surface area contributed by atoms with Gasteiger partial charge in [-0.3, -0.25) is 9.59 Å². The number of nitrogens with one attached hydrogen (secondary N) is 1. The molecule has 2 atom stereocenters. The Morgan fingerprint density at radius 3 is 2.76 bits per heavy atom. The number of benzene rings is 1. The van der Waals surface area contributed by atoms with Crippen molar-refractivity contribution in [1.29, 1.82) is 5.26 Å². The summed E-state index contributed by atoms with van der Waals surface area (Å²) in [5, 5.41) is 12.5. The lowest BCUT2D eigenvalue weighted by Gasteiger charge is -2.31. The van der Waals surface area contributed by atoms with Crippen molar-refractivity contribution in [3.63, 3.8) is 0 Å². The lowest BCUT2D eigenvalue weighted by atomic mass is 9.84. The van der Waals surface area contributed by atoms with E-state index in [1.54, 1.807) is 0 Å². The third-order valence-corrected chi connectivity index (χ3v) is 7.71. The Labute approximate surface area is 194 Å². The van der Waals surface area contributed by atoms with E-state index in [4.69, 9.17) is 9.47 Å². The molecule has 1 saturated carbocycles. The van der Waals surface area contributed by atoms with Crippen molar-refractivity contribution in [2.75, 3.05) is 38.2 Å². The molecule has 3 aliphatic rings. The van der Waals surface area contributed by atoms with Crippen LogP contribution >= 0.6 is 0 Å². The molecule has 1 saturated heterocycles. The SMILES string of the molecule is CCOc1c(N[C@H]2CC[C@H](CCN3CC4COc5ccc(C#N)cc5[C@@H]4C3)CC2)c(=O)c1=O. The number of nitriles is 1. The van der Waals surface area contributed by atoms with Crippen LogP contribution in [0.1, 0.15) is 56.1 Å². The number of ether oxygens (including phenoxy) is 2. The fourth-order valence-corrected chi connectivity index (χ4v) is 5.85. The van der Waals surface area contributed by atoms with Crippen LogP contribution in [-0.2, 0) is 0 Å². The molecule has 33 heavy (non-hydrogen) atoms. The average molecular weight is 450 g/mol. The highest BCUT2D eigenvalue weighted by atomic mass is 16.5. The van der Waals surface area contributed by atoms with Crippen molar-refractivity contribution < 1.29 is 9.47 Å². The van der Waals surface area contributed by atoms with Crippen LogP contribution in [0.4, 0.5) is 5.69 Å². The van der Waals surface area contributed by atoms with Crippen molar-refractivity contribution in [3.8, 4) is 17.6 Å². The second kappa shape index (κ2) is 9.18. The molecule has 2 aromatic rings. The van der Waals surface area contributed by atoms with E-state index in [1.807, 2.05) is 25.1 Å². The smallest absolute Gasteiger partial charge is 0.272 e. The van der Waals surface area contributed by atoms with E-state index < -0.39 is 10.9 Å². The van der Waals surface area contributed by atoms with Crippen molar-refractivity contribution >= 4 is 5.69 Å². The molecule has 1 N–H and O–H groups in total. The minimum atomic E-state index is -0.504. The van der Waals surface area contributed by atoms with Crippen molar-refractivity contribution in [2.24, 2.45) is 11.8 Å². The Morgan fingerprint density at radius 2 is 2.00 bits per heavy atom. The summed E-state index contributed by atoms with van der Waals surface area (Å²) in [7, 11) is 0. The van der Waals surface area contributed by atoms with Gasteiger partial charge in [0.2, 0.25) is 0 Å². The molecular weight excluding hydrogens is 418 g/mol. The molecule has 0 spiro atoms. The van der Waals surface area contributed by atoms with Crippen LogP contribution < -0.4 is 25.6 Å². The Bertz CT molecular complexity index is 1120. The second-order valence-electron chi connectivity index (χ2n) is 9.75. The molecule has 7 heteroatoms. The molecule has 5 rings (SSSR count). The van der Waals surface area contributed by atoms with E-state index in [9.17, 15) is 14.9 Å². The lowest BCUT2D eigenvalue weighted by Crippen LogP contribution is -2.39. The zero-order valence-electron chi connectivity index (χ0n) is 19.1. The van der Waals surface area contributed by atoms with Crippen LogP contribution in [0.5, 0.6) is 11.5 Å². The van der Waals surface area contributed by atoms with Crippen LogP contribution in [0.15, 0.2) is 27.8 Å². The van der Waals surface area contributed by atoms with Crippen LogP contribution in [-0.4, -0.2) is 43.8 Å². The molecule has 2 aliphatic heterocycles. The Hall–Kier alpha value is -2.85. The first-order chi connectivity index (χ1) is 16.1. The summed E-state index contributed by atoms with van der Waals surface area (Å²) in [6, 6.07) is 8.28. The lowest BCUT2D eigenvalue weighted by molar-refractivity contribution is 0.209. The summed E-state index contributed by atoms with van der Waals surface area (Å²) < 4.78 is 11.3. The molecule has 1 unspecified atom stereocenters. The molecule has 174 valence electrons. The summed E-state index contributed by atoms with van der Waals surface area (Å²) in [6.07, 6.45) is 5.48. The molecule has 0 radical (unpaired) electrons. The Morgan fingerprint density at radius 1 is 1.18 bits per heavy atom. The minimum absolute atomic E-state index is 0.215. The first-order valence-corrected chi connectivity index (χ1v) is 12.2. The van der Waals surface area contributed by atoms with Gasteiger partial charge in [-0.1, -0.05) is 0 Å². The Balaban J connectivity index is 1.10. The predicted molar refractivity (Wildman–Crippen MR) is 126 cm³/mol. The number of hydrogen-bond donors (Lipinski definition) is 1. The number of hydrogen-bond acceptors (Lipinski definition) is 7. The topological polar surface area (TPSA) is 91.7 Å². The van der Waals surface area contributed by atoms with E-state index in [-0.39, 0.29) is 11.8 Å². The average Bonchev–Trinajstić information content (AvgIpc) is 3.28. The van der Waals surface area contributed by atoms with Crippen molar-refractivity contribution in [1.82, 2.24) is 4.90 Å². The van der Waals surface area contributed by atoms with Gasteiger partial charge in [0.25, 0.3) is 10.9 Å². The third-order valence-electron chi connectivity index (χ3n) is 7.71. The number of anilines is 1. The van der Waals surface area contributed by atoms with Crippen LogP contribution in [0.2, 0.25) is 0 Å². The summed E-state index contributed by atoms with van der Waals surface area (Å²) in [6.45, 7) is 6.16. The van der Waals surface area contributed by atoms with E-state index in [2.05, 4.69) is 16.3 Å². The highest BCUT2D eigenvalue weighted by Gasteiger charge is 2.39. The first kappa shape index (κ1) is 22.0. The molecule has 2 fully saturated rings. The summed E-state index contributed by atoms with van der Waals surface area (Å²) >= 11 is 0. The highest BCUT2D eigenvalue weighted by Crippen LogP contribution is 2.42.